The molecule has 1 aromatic heterocycles. The van der Waals surface area contributed by atoms with E-state index < -0.39 is 0 Å². The second kappa shape index (κ2) is 10.4. The highest BCUT2D eigenvalue weighted by molar-refractivity contribution is 6.06. The lowest BCUT2D eigenvalue weighted by Crippen LogP contribution is -2.44. The second-order valence-corrected chi connectivity index (χ2v) is 8.40. The zero-order chi connectivity index (χ0) is 24.1. The summed E-state index contributed by atoms with van der Waals surface area (Å²) in [6.45, 7) is 8.33. The summed E-state index contributed by atoms with van der Waals surface area (Å²) in [5.74, 6) is 0.225. The van der Waals surface area contributed by atoms with E-state index in [1.165, 1.54) is 0 Å². The molecule has 0 unspecified atom stereocenters. The van der Waals surface area contributed by atoms with Crippen LogP contribution in [0.1, 0.15) is 51.6 Å². The predicted octanol–water partition coefficient (Wildman–Crippen LogP) is 4.56. The van der Waals surface area contributed by atoms with Crippen molar-refractivity contribution in [1.29, 1.82) is 0 Å². The monoisotopic (exact) mass is 458 g/mol. The highest BCUT2D eigenvalue weighted by Gasteiger charge is 2.23. The van der Waals surface area contributed by atoms with Crippen molar-refractivity contribution in [2.45, 2.75) is 33.6 Å². The topological polar surface area (TPSA) is 90.5 Å². The second-order valence-electron chi connectivity index (χ2n) is 8.40. The van der Waals surface area contributed by atoms with E-state index in [4.69, 9.17) is 0 Å². The van der Waals surface area contributed by atoms with Crippen molar-refractivity contribution in [2.75, 3.05) is 30.3 Å². The molecule has 1 saturated heterocycles. The Hall–Kier alpha value is -3.78. The van der Waals surface area contributed by atoms with Gasteiger partial charge in [-0.05, 0) is 69.0 Å². The number of nitrogens with zero attached hydrogens (tertiary/aromatic N) is 4. The first-order valence-electron chi connectivity index (χ1n) is 11.6. The molecule has 3 aromatic rings. The Balaban J connectivity index is 1.38. The summed E-state index contributed by atoms with van der Waals surface area (Å²) in [6, 6.07) is 13.1. The molecule has 0 atom stereocenters. The van der Waals surface area contributed by atoms with Crippen molar-refractivity contribution in [3.8, 4) is 0 Å². The molecule has 1 fully saturated rings. The minimum atomic E-state index is -0.185. The van der Waals surface area contributed by atoms with Crippen LogP contribution >= 0.6 is 0 Å². The average molecular weight is 459 g/mol. The first-order chi connectivity index (χ1) is 16.5. The molecule has 176 valence electrons. The van der Waals surface area contributed by atoms with E-state index >= 15 is 0 Å². The number of carbonyl (C=O) groups excluding carboxylic acids is 2. The number of aromatic nitrogens is 2. The number of rotatable bonds is 7. The van der Waals surface area contributed by atoms with E-state index in [0.29, 0.717) is 29.3 Å². The minimum Gasteiger partial charge on any atom is -0.324 e. The van der Waals surface area contributed by atoms with Crippen LogP contribution in [0.3, 0.4) is 0 Å². The maximum atomic E-state index is 12.9. The number of nitrogens with one attached hydrogen (secondary N) is 2. The molecule has 4 rings (SSSR count). The fourth-order valence-electron chi connectivity index (χ4n) is 4.21. The van der Waals surface area contributed by atoms with Gasteiger partial charge < -0.3 is 10.6 Å². The van der Waals surface area contributed by atoms with Crippen LogP contribution < -0.4 is 10.6 Å². The third-order valence-electron chi connectivity index (χ3n) is 5.96. The van der Waals surface area contributed by atoms with Crippen molar-refractivity contribution < 1.29 is 9.59 Å². The summed E-state index contributed by atoms with van der Waals surface area (Å²) in [6.07, 6.45) is 5.38. The van der Waals surface area contributed by atoms with Crippen LogP contribution in [0.5, 0.6) is 0 Å². The van der Waals surface area contributed by atoms with Gasteiger partial charge in [0, 0.05) is 36.4 Å². The Kier molecular flexibility index (Phi) is 7.18. The van der Waals surface area contributed by atoms with E-state index in [1.54, 1.807) is 12.4 Å². The first kappa shape index (κ1) is 23.4. The van der Waals surface area contributed by atoms with Crippen molar-refractivity contribution in [2.24, 2.45) is 0 Å². The lowest BCUT2D eigenvalue weighted by Gasteiger charge is -2.30. The number of aryl methyl sites for hydroxylation is 2. The molecule has 1 aliphatic rings. The maximum Gasteiger partial charge on any atom is 0.268 e. The average Bonchev–Trinajstić information content (AvgIpc) is 3.36. The molecule has 2 heterocycles. The molecule has 34 heavy (non-hydrogen) atoms. The maximum absolute atomic E-state index is 12.9. The summed E-state index contributed by atoms with van der Waals surface area (Å²) in [5, 5.41) is 9.93. The summed E-state index contributed by atoms with van der Waals surface area (Å²) in [4.78, 5) is 34.2. The van der Waals surface area contributed by atoms with Crippen LogP contribution in [0.2, 0.25) is 0 Å². The quantitative estimate of drug-likeness (QED) is 0.539. The van der Waals surface area contributed by atoms with Crippen LogP contribution in [0.4, 0.5) is 17.3 Å². The Bertz CT molecular complexity index is 1130. The molecule has 8 nitrogen and oxygen atoms in total. The molecule has 2 aromatic carbocycles. The predicted molar refractivity (Wildman–Crippen MR) is 133 cm³/mol. The molecular formula is C26H30N6O2. The molecule has 1 aliphatic heterocycles. The molecule has 0 saturated carbocycles. The zero-order valence-corrected chi connectivity index (χ0v) is 19.8. The summed E-state index contributed by atoms with van der Waals surface area (Å²) >= 11 is 0. The normalized spacial score (nSPS) is 13.5. The smallest absolute Gasteiger partial charge is 0.268 e. The van der Waals surface area contributed by atoms with E-state index in [-0.39, 0.29) is 11.8 Å². The van der Waals surface area contributed by atoms with E-state index in [1.807, 2.05) is 68.2 Å². The third kappa shape index (κ3) is 5.23. The fourth-order valence-corrected chi connectivity index (χ4v) is 4.21. The molecule has 0 spiro atoms. The Labute approximate surface area is 200 Å². The van der Waals surface area contributed by atoms with Gasteiger partial charge in [-0.3, -0.25) is 14.6 Å². The first-order valence-corrected chi connectivity index (χ1v) is 11.6. The summed E-state index contributed by atoms with van der Waals surface area (Å²) in [5.41, 5.74) is 4.42. The van der Waals surface area contributed by atoms with Gasteiger partial charge in [0.15, 0.2) is 0 Å². The Morgan fingerprint density at radius 1 is 0.941 bits per heavy atom. The fraction of sp³-hybridized carbons (Fsp3) is 0.308. The van der Waals surface area contributed by atoms with Crippen molar-refractivity contribution in [3.05, 3.63) is 77.1 Å². The molecule has 0 aliphatic carbocycles. The molecular weight excluding hydrogens is 428 g/mol. The van der Waals surface area contributed by atoms with Crippen LogP contribution in [-0.4, -0.2) is 51.4 Å². The number of hydrogen-bond donors (Lipinski definition) is 2. The van der Waals surface area contributed by atoms with E-state index in [9.17, 15) is 9.59 Å². The number of amides is 2. The lowest BCUT2D eigenvalue weighted by atomic mass is 10.0. The van der Waals surface area contributed by atoms with E-state index in [0.717, 1.165) is 42.7 Å². The third-order valence-corrected chi connectivity index (χ3v) is 5.96. The van der Waals surface area contributed by atoms with Gasteiger partial charge in [0.2, 0.25) is 5.95 Å². The zero-order valence-electron chi connectivity index (χ0n) is 19.8. The number of benzene rings is 2. The van der Waals surface area contributed by atoms with Gasteiger partial charge in [-0.2, -0.15) is 0 Å². The van der Waals surface area contributed by atoms with Gasteiger partial charge in [-0.1, -0.05) is 18.2 Å². The Morgan fingerprint density at radius 3 is 2.15 bits per heavy atom. The van der Waals surface area contributed by atoms with Crippen molar-refractivity contribution in [3.63, 3.8) is 0 Å². The lowest BCUT2D eigenvalue weighted by molar-refractivity contribution is 0.00736. The van der Waals surface area contributed by atoms with Gasteiger partial charge in [-0.25, -0.2) is 15.0 Å². The van der Waals surface area contributed by atoms with Gasteiger partial charge >= 0.3 is 0 Å². The van der Waals surface area contributed by atoms with Crippen LogP contribution in [0.15, 0.2) is 54.9 Å². The minimum absolute atomic E-state index is 0.0104. The van der Waals surface area contributed by atoms with E-state index in [2.05, 4.69) is 25.6 Å². The summed E-state index contributed by atoms with van der Waals surface area (Å²) in [7, 11) is 0. The largest absolute Gasteiger partial charge is 0.324 e. The van der Waals surface area contributed by atoms with Crippen LogP contribution in [-0.2, 0) is 0 Å². The van der Waals surface area contributed by atoms with Crippen LogP contribution in [0.25, 0.3) is 0 Å². The summed E-state index contributed by atoms with van der Waals surface area (Å²) < 4.78 is 0. The van der Waals surface area contributed by atoms with Crippen molar-refractivity contribution in [1.82, 2.24) is 20.0 Å². The SMILES string of the molecule is CCN(C(=O)c1ccc(Nc2ncc(NC(=O)c3c(C)cccc3C)cn2)cc1)N1CCCC1. The van der Waals surface area contributed by atoms with Gasteiger partial charge in [0.1, 0.15) is 0 Å². The number of hydrogen-bond acceptors (Lipinski definition) is 6. The Morgan fingerprint density at radius 2 is 1.56 bits per heavy atom. The standard InChI is InChI=1S/C26H30N6O2/c1-4-32(31-14-5-6-15-31)25(34)20-10-12-21(13-11-20)30-26-27-16-22(17-28-26)29-24(33)23-18(2)8-7-9-19(23)3/h7-13,16-17H,4-6,14-15H2,1-3H3,(H,29,33)(H,27,28,30). The van der Waals surface area contributed by atoms with Crippen LogP contribution in [0, 0.1) is 13.8 Å². The molecule has 0 radical (unpaired) electrons. The number of carbonyl (C=O) groups is 2. The number of hydrazine groups is 1. The van der Waals surface area contributed by atoms with Gasteiger partial charge in [-0.15, -0.1) is 0 Å². The van der Waals surface area contributed by atoms with Crippen molar-refractivity contribution >= 4 is 29.1 Å². The number of anilines is 3. The molecule has 2 amide bonds. The van der Waals surface area contributed by atoms with Gasteiger partial charge in [0.05, 0.1) is 18.1 Å². The molecule has 8 heteroatoms. The van der Waals surface area contributed by atoms with Gasteiger partial charge in [0.25, 0.3) is 11.8 Å². The highest BCUT2D eigenvalue weighted by atomic mass is 16.2. The molecule has 2 N–H and O–H groups in total. The highest BCUT2D eigenvalue weighted by Crippen LogP contribution is 2.19. The molecule has 0 bridgehead atoms.